The molecule has 2 heterocycles. The molecule has 1 aliphatic rings. The molecule has 0 aliphatic heterocycles. The molecule has 0 radical (unpaired) electrons. The van der Waals surface area contributed by atoms with Crippen molar-refractivity contribution >= 4 is 17.8 Å². The molecular formula is C12H13N3O. The molecule has 0 atom stereocenters. The van der Waals surface area contributed by atoms with Crippen LogP contribution in [0.5, 0.6) is 0 Å². The third kappa shape index (κ3) is 1.30. The number of aldehydes is 1. The summed E-state index contributed by atoms with van der Waals surface area (Å²) in [4.78, 5) is 17.8. The SMILES string of the molecule is CN(c1nc2ccccn2c1C=O)C1CC1. The molecule has 16 heavy (non-hydrogen) atoms. The van der Waals surface area contributed by atoms with Gasteiger partial charge in [-0.25, -0.2) is 4.98 Å². The fourth-order valence-electron chi connectivity index (χ4n) is 2.01. The molecule has 1 fully saturated rings. The molecule has 2 aromatic rings. The number of anilines is 1. The second kappa shape index (κ2) is 3.33. The van der Waals surface area contributed by atoms with Crippen molar-refractivity contribution in [3.8, 4) is 0 Å². The van der Waals surface area contributed by atoms with E-state index in [9.17, 15) is 4.79 Å². The van der Waals surface area contributed by atoms with E-state index >= 15 is 0 Å². The van der Waals surface area contributed by atoms with Crippen LogP contribution in [0.25, 0.3) is 5.65 Å². The number of nitrogens with zero attached hydrogens (tertiary/aromatic N) is 3. The van der Waals surface area contributed by atoms with Crippen LogP contribution in [-0.2, 0) is 0 Å². The average molecular weight is 215 g/mol. The maximum Gasteiger partial charge on any atom is 0.170 e. The van der Waals surface area contributed by atoms with Crippen molar-refractivity contribution in [3.05, 3.63) is 30.1 Å². The highest BCUT2D eigenvalue weighted by Gasteiger charge is 2.29. The summed E-state index contributed by atoms with van der Waals surface area (Å²) in [5, 5.41) is 0. The summed E-state index contributed by atoms with van der Waals surface area (Å²) in [5.74, 6) is 0.795. The van der Waals surface area contributed by atoms with Gasteiger partial charge in [0, 0.05) is 19.3 Å². The van der Waals surface area contributed by atoms with Gasteiger partial charge in [-0.05, 0) is 25.0 Å². The Hall–Kier alpha value is -1.84. The number of hydrogen-bond donors (Lipinski definition) is 0. The Bertz CT molecular complexity index is 542. The minimum atomic E-state index is 0.559. The molecule has 0 spiro atoms. The van der Waals surface area contributed by atoms with Gasteiger partial charge in [-0.1, -0.05) is 6.07 Å². The Morgan fingerprint density at radius 3 is 3.00 bits per heavy atom. The molecule has 0 bridgehead atoms. The highest BCUT2D eigenvalue weighted by molar-refractivity contribution is 5.83. The van der Waals surface area contributed by atoms with Gasteiger partial charge in [0.05, 0.1) is 0 Å². The summed E-state index contributed by atoms with van der Waals surface area (Å²) >= 11 is 0. The summed E-state index contributed by atoms with van der Waals surface area (Å²) in [7, 11) is 2.01. The lowest BCUT2D eigenvalue weighted by Crippen LogP contribution is -2.21. The lowest BCUT2D eigenvalue weighted by molar-refractivity contribution is 0.111. The average Bonchev–Trinajstić information content (AvgIpc) is 3.08. The van der Waals surface area contributed by atoms with Gasteiger partial charge in [-0.2, -0.15) is 0 Å². The number of imidazole rings is 1. The van der Waals surface area contributed by atoms with Crippen LogP contribution in [0.3, 0.4) is 0 Å². The number of carbonyl (C=O) groups is 1. The second-order valence-electron chi connectivity index (χ2n) is 4.21. The molecule has 82 valence electrons. The van der Waals surface area contributed by atoms with E-state index in [0.29, 0.717) is 11.7 Å². The third-order valence-electron chi connectivity index (χ3n) is 3.09. The number of hydrogen-bond acceptors (Lipinski definition) is 3. The van der Waals surface area contributed by atoms with E-state index in [-0.39, 0.29) is 0 Å². The van der Waals surface area contributed by atoms with E-state index in [4.69, 9.17) is 0 Å². The molecular weight excluding hydrogens is 202 g/mol. The number of rotatable bonds is 3. The molecule has 0 N–H and O–H groups in total. The van der Waals surface area contributed by atoms with E-state index in [0.717, 1.165) is 17.8 Å². The summed E-state index contributed by atoms with van der Waals surface area (Å²) in [5.41, 5.74) is 1.47. The zero-order chi connectivity index (χ0) is 11.1. The molecule has 0 saturated heterocycles. The summed E-state index contributed by atoms with van der Waals surface area (Å²) in [6.45, 7) is 0. The maximum atomic E-state index is 11.2. The Kier molecular flexibility index (Phi) is 1.96. The minimum Gasteiger partial charge on any atom is -0.355 e. The van der Waals surface area contributed by atoms with Crippen LogP contribution in [-0.4, -0.2) is 28.8 Å². The Morgan fingerprint density at radius 2 is 2.31 bits per heavy atom. The molecule has 4 heteroatoms. The first-order valence-electron chi connectivity index (χ1n) is 5.46. The zero-order valence-electron chi connectivity index (χ0n) is 9.13. The number of fused-ring (bicyclic) bond motifs is 1. The van der Waals surface area contributed by atoms with Crippen molar-refractivity contribution < 1.29 is 4.79 Å². The van der Waals surface area contributed by atoms with Gasteiger partial charge in [0.15, 0.2) is 12.1 Å². The van der Waals surface area contributed by atoms with Gasteiger partial charge in [0.2, 0.25) is 0 Å². The first-order chi connectivity index (χ1) is 7.81. The van der Waals surface area contributed by atoms with Gasteiger partial charge in [-0.15, -0.1) is 0 Å². The van der Waals surface area contributed by atoms with Gasteiger partial charge in [0.1, 0.15) is 11.3 Å². The van der Waals surface area contributed by atoms with E-state index in [2.05, 4.69) is 9.88 Å². The fraction of sp³-hybridized carbons (Fsp3) is 0.333. The normalized spacial score (nSPS) is 15.3. The van der Waals surface area contributed by atoms with E-state index in [1.54, 1.807) is 0 Å². The number of aromatic nitrogens is 2. The number of carbonyl (C=O) groups excluding carboxylic acids is 1. The fourth-order valence-corrected chi connectivity index (χ4v) is 2.01. The van der Waals surface area contributed by atoms with E-state index in [1.165, 1.54) is 12.8 Å². The Labute approximate surface area is 93.5 Å². The van der Waals surface area contributed by atoms with Crippen molar-refractivity contribution in [2.75, 3.05) is 11.9 Å². The molecule has 0 unspecified atom stereocenters. The summed E-state index contributed by atoms with van der Waals surface area (Å²) in [6, 6.07) is 6.31. The van der Waals surface area contributed by atoms with Crippen LogP contribution >= 0.6 is 0 Å². The Morgan fingerprint density at radius 1 is 1.50 bits per heavy atom. The van der Waals surface area contributed by atoms with Crippen molar-refractivity contribution in [1.82, 2.24) is 9.38 Å². The van der Waals surface area contributed by atoms with E-state index in [1.807, 2.05) is 35.8 Å². The van der Waals surface area contributed by atoms with Crippen LogP contribution in [0.1, 0.15) is 23.3 Å². The van der Waals surface area contributed by atoms with Crippen LogP contribution in [0.15, 0.2) is 24.4 Å². The topological polar surface area (TPSA) is 37.6 Å². The van der Waals surface area contributed by atoms with Gasteiger partial charge in [-0.3, -0.25) is 9.20 Å². The number of pyridine rings is 1. The largest absolute Gasteiger partial charge is 0.355 e. The minimum absolute atomic E-state index is 0.559. The highest BCUT2D eigenvalue weighted by atomic mass is 16.1. The summed E-state index contributed by atoms with van der Waals surface area (Å²) in [6.07, 6.45) is 5.15. The predicted octanol–water partition coefficient (Wildman–Crippen LogP) is 1.75. The van der Waals surface area contributed by atoms with Crippen molar-refractivity contribution in [2.45, 2.75) is 18.9 Å². The second-order valence-corrected chi connectivity index (χ2v) is 4.21. The third-order valence-corrected chi connectivity index (χ3v) is 3.09. The molecule has 1 aliphatic carbocycles. The summed E-state index contributed by atoms with van der Waals surface area (Å²) < 4.78 is 1.83. The van der Waals surface area contributed by atoms with Crippen molar-refractivity contribution in [1.29, 1.82) is 0 Å². The lowest BCUT2D eigenvalue weighted by Gasteiger charge is -2.15. The van der Waals surface area contributed by atoms with Crippen molar-refractivity contribution in [3.63, 3.8) is 0 Å². The van der Waals surface area contributed by atoms with Gasteiger partial charge in [0.25, 0.3) is 0 Å². The van der Waals surface area contributed by atoms with Gasteiger partial charge < -0.3 is 4.90 Å². The van der Waals surface area contributed by atoms with E-state index < -0.39 is 0 Å². The Balaban J connectivity index is 2.18. The molecule has 1 saturated carbocycles. The van der Waals surface area contributed by atoms with Crippen LogP contribution in [0.4, 0.5) is 5.82 Å². The smallest absolute Gasteiger partial charge is 0.170 e. The first-order valence-corrected chi connectivity index (χ1v) is 5.46. The van der Waals surface area contributed by atoms with Crippen molar-refractivity contribution in [2.24, 2.45) is 0 Å². The maximum absolute atomic E-state index is 11.2. The van der Waals surface area contributed by atoms with Gasteiger partial charge >= 0.3 is 0 Å². The van der Waals surface area contributed by atoms with Crippen LogP contribution < -0.4 is 4.90 Å². The van der Waals surface area contributed by atoms with Crippen LogP contribution in [0.2, 0.25) is 0 Å². The predicted molar refractivity (Wildman–Crippen MR) is 62.0 cm³/mol. The molecule has 0 amide bonds. The molecule has 2 aromatic heterocycles. The standard InChI is InChI=1S/C12H13N3O/c1-14(9-5-6-9)12-10(8-16)15-7-3-2-4-11(15)13-12/h2-4,7-9H,5-6H2,1H3. The monoisotopic (exact) mass is 215 g/mol. The molecule has 0 aromatic carbocycles. The highest BCUT2D eigenvalue weighted by Crippen LogP contribution is 2.31. The lowest BCUT2D eigenvalue weighted by atomic mass is 10.4. The molecule has 4 nitrogen and oxygen atoms in total. The first kappa shape index (κ1) is 9.39. The van der Waals surface area contributed by atoms with Crippen LogP contribution in [0, 0.1) is 0 Å². The molecule has 3 rings (SSSR count). The quantitative estimate of drug-likeness (QED) is 0.732. The zero-order valence-corrected chi connectivity index (χ0v) is 9.13.